The standard InChI is InChI=1S/C32H44FNO2.C3H6/c1-19-21(20-7-8-22(28(35)36)26(33)18-20)11-14-29(2)23(19)12-15-31(4)27(29)10-9-24-25-6-5-13-32(25,34)17-16-30(24,31)3;1-3-2/h7-8,11,18-19,23-25,27H,5-6,9-10,12-17,34H2,1-4H3,(H,35,36);3H,1H2,2H3/t19?,23?,24?,25?,27?,29?,30-,31?,32?;/m1./s1. The summed E-state index contributed by atoms with van der Waals surface area (Å²) < 4.78 is 14.6. The normalized spacial score (nSPS) is 44.4. The zero-order valence-electron chi connectivity index (χ0n) is 24.9. The summed E-state index contributed by atoms with van der Waals surface area (Å²) in [6.07, 6.45) is 16.6. The number of fused-ring (bicyclic) bond motifs is 7. The molecule has 0 aliphatic heterocycles. The molecule has 1 aromatic carbocycles. The Balaban J connectivity index is 0.000000983. The molecule has 8 unspecified atom stereocenters. The van der Waals surface area contributed by atoms with Gasteiger partial charge in [-0.2, -0.15) is 0 Å². The number of halogens is 1. The molecule has 0 radical (unpaired) electrons. The first kappa shape index (κ1) is 28.6. The van der Waals surface area contributed by atoms with Crippen molar-refractivity contribution in [2.45, 2.75) is 104 Å². The van der Waals surface area contributed by atoms with E-state index in [9.17, 15) is 14.3 Å². The first-order valence-electron chi connectivity index (χ1n) is 15.5. The fourth-order valence-corrected chi connectivity index (χ4v) is 11.1. The van der Waals surface area contributed by atoms with Crippen molar-refractivity contribution in [3.05, 3.63) is 53.9 Å². The molecule has 6 rings (SSSR count). The lowest BCUT2D eigenvalue weighted by atomic mass is 9.34. The van der Waals surface area contributed by atoms with Crippen molar-refractivity contribution in [3.8, 4) is 0 Å². The van der Waals surface area contributed by atoms with Gasteiger partial charge in [-0.25, -0.2) is 9.18 Å². The molecule has 0 spiro atoms. The van der Waals surface area contributed by atoms with E-state index in [0.29, 0.717) is 34.5 Å². The van der Waals surface area contributed by atoms with E-state index in [1.54, 1.807) is 12.1 Å². The minimum absolute atomic E-state index is 0.0942. The smallest absolute Gasteiger partial charge is 0.338 e. The van der Waals surface area contributed by atoms with Gasteiger partial charge in [-0.1, -0.05) is 52.3 Å². The van der Waals surface area contributed by atoms with Gasteiger partial charge in [0.25, 0.3) is 0 Å². The van der Waals surface area contributed by atoms with E-state index in [2.05, 4.69) is 40.3 Å². The van der Waals surface area contributed by atoms with Crippen LogP contribution in [0.25, 0.3) is 5.57 Å². The minimum Gasteiger partial charge on any atom is -0.478 e. The van der Waals surface area contributed by atoms with Crippen LogP contribution in [0.1, 0.15) is 115 Å². The van der Waals surface area contributed by atoms with Crippen LogP contribution < -0.4 is 5.73 Å². The fraction of sp³-hybridized carbons (Fsp3) is 0.686. The molecule has 0 amide bonds. The number of benzene rings is 1. The Morgan fingerprint density at radius 2 is 1.74 bits per heavy atom. The van der Waals surface area contributed by atoms with Crippen molar-refractivity contribution in [1.82, 2.24) is 0 Å². The number of hydrogen-bond donors (Lipinski definition) is 2. The average molecular weight is 536 g/mol. The molecule has 0 aromatic heterocycles. The summed E-state index contributed by atoms with van der Waals surface area (Å²) in [5.41, 5.74) is 9.88. The first-order chi connectivity index (χ1) is 18.4. The summed E-state index contributed by atoms with van der Waals surface area (Å²) in [6.45, 7) is 15.4. The molecule has 214 valence electrons. The van der Waals surface area contributed by atoms with Gasteiger partial charge in [0.1, 0.15) is 5.82 Å². The van der Waals surface area contributed by atoms with Gasteiger partial charge < -0.3 is 10.8 Å². The van der Waals surface area contributed by atoms with Gasteiger partial charge >= 0.3 is 5.97 Å². The minimum atomic E-state index is -1.21. The highest BCUT2D eigenvalue weighted by atomic mass is 19.1. The van der Waals surface area contributed by atoms with Crippen molar-refractivity contribution < 1.29 is 14.3 Å². The lowest BCUT2D eigenvalue weighted by Gasteiger charge is -2.71. The molecule has 9 atom stereocenters. The van der Waals surface area contributed by atoms with Gasteiger partial charge in [0.2, 0.25) is 0 Å². The van der Waals surface area contributed by atoms with Crippen molar-refractivity contribution in [2.75, 3.05) is 0 Å². The Kier molecular flexibility index (Phi) is 7.22. The maximum atomic E-state index is 14.6. The van der Waals surface area contributed by atoms with E-state index in [-0.39, 0.29) is 16.5 Å². The molecule has 0 bridgehead atoms. The summed E-state index contributed by atoms with van der Waals surface area (Å²) in [6, 6.07) is 4.67. The number of rotatable bonds is 2. The molecule has 5 aliphatic carbocycles. The van der Waals surface area contributed by atoms with Crippen LogP contribution in [0.5, 0.6) is 0 Å². The maximum Gasteiger partial charge on any atom is 0.338 e. The number of carboxylic acids is 1. The van der Waals surface area contributed by atoms with Crippen molar-refractivity contribution in [2.24, 2.45) is 51.6 Å². The third kappa shape index (κ3) is 4.10. The van der Waals surface area contributed by atoms with Crippen LogP contribution >= 0.6 is 0 Å². The Morgan fingerprint density at radius 1 is 1.03 bits per heavy atom. The predicted molar refractivity (Wildman–Crippen MR) is 158 cm³/mol. The molecule has 4 saturated carbocycles. The summed E-state index contributed by atoms with van der Waals surface area (Å²) >= 11 is 0. The Morgan fingerprint density at radius 3 is 2.41 bits per heavy atom. The molecule has 3 nitrogen and oxygen atoms in total. The number of allylic oxidation sites excluding steroid dienone is 3. The van der Waals surface area contributed by atoms with Crippen LogP contribution in [0.15, 0.2) is 36.9 Å². The molecule has 0 heterocycles. The molecule has 4 heteroatoms. The van der Waals surface area contributed by atoms with Gasteiger partial charge in [0.05, 0.1) is 5.56 Å². The molecular weight excluding hydrogens is 485 g/mol. The third-order valence-electron chi connectivity index (χ3n) is 13.2. The molecule has 39 heavy (non-hydrogen) atoms. The molecule has 0 saturated heterocycles. The molecule has 5 aliphatic rings. The summed E-state index contributed by atoms with van der Waals surface area (Å²) in [7, 11) is 0. The number of carboxylic acid groups (broad SMARTS) is 1. The number of carbonyl (C=O) groups is 1. The molecule has 3 N–H and O–H groups in total. The second-order valence-electron chi connectivity index (χ2n) is 14.5. The fourth-order valence-electron chi connectivity index (χ4n) is 11.1. The van der Waals surface area contributed by atoms with Gasteiger partial charge in [-0.05, 0) is 134 Å². The zero-order chi connectivity index (χ0) is 28.4. The monoisotopic (exact) mass is 535 g/mol. The Bertz CT molecular complexity index is 1180. The van der Waals surface area contributed by atoms with Crippen LogP contribution in [0.3, 0.4) is 0 Å². The largest absolute Gasteiger partial charge is 0.478 e. The van der Waals surface area contributed by atoms with E-state index in [4.69, 9.17) is 5.73 Å². The van der Waals surface area contributed by atoms with Crippen LogP contribution in [0, 0.1) is 51.7 Å². The van der Waals surface area contributed by atoms with Crippen molar-refractivity contribution >= 4 is 11.5 Å². The number of hydrogen-bond acceptors (Lipinski definition) is 2. The van der Waals surface area contributed by atoms with Crippen LogP contribution in [-0.2, 0) is 0 Å². The Labute approximate surface area is 235 Å². The molecular formula is C35H50FNO2. The Hall–Kier alpha value is -1.94. The van der Waals surface area contributed by atoms with Crippen LogP contribution in [0.4, 0.5) is 4.39 Å². The van der Waals surface area contributed by atoms with E-state index < -0.39 is 11.8 Å². The highest BCUT2D eigenvalue weighted by molar-refractivity contribution is 5.88. The zero-order valence-corrected chi connectivity index (χ0v) is 24.9. The first-order valence-corrected chi connectivity index (χ1v) is 15.5. The molecule has 1 aromatic rings. The van der Waals surface area contributed by atoms with Gasteiger partial charge in [0, 0.05) is 5.54 Å². The van der Waals surface area contributed by atoms with E-state index >= 15 is 0 Å². The summed E-state index contributed by atoms with van der Waals surface area (Å²) in [5.74, 6) is 1.24. The maximum absolute atomic E-state index is 14.6. The van der Waals surface area contributed by atoms with Crippen molar-refractivity contribution in [1.29, 1.82) is 0 Å². The quantitative estimate of drug-likeness (QED) is 0.372. The van der Waals surface area contributed by atoms with E-state index in [0.717, 1.165) is 17.9 Å². The van der Waals surface area contributed by atoms with Crippen LogP contribution in [0.2, 0.25) is 0 Å². The number of nitrogens with two attached hydrogens (primary N) is 1. The highest BCUT2D eigenvalue weighted by Gasteiger charge is 2.68. The lowest BCUT2D eigenvalue weighted by molar-refractivity contribution is -0.209. The van der Waals surface area contributed by atoms with Gasteiger partial charge in [-0.15, -0.1) is 6.58 Å². The lowest BCUT2D eigenvalue weighted by Crippen LogP contribution is -2.66. The summed E-state index contributed by atoms with van der Waals surface area (Å²) in [5, 5.41) is 9.25. The SMILES string of the molecule is C=CC.CC1C(c2ccc(C(=O)O)c(F)c2)=CCC2(C)C1CCC1(C)C2CCC2C3CCCC3(N)CC[C@]21C. The number of aromatic carboxylic acids is 1. The van der Waals surface area contributed by atoms with Crippen molar-refractivity contribution in [3.63, 3.8) is 0 Å². The van der Waals surface area contributed by atoms with E-state index in [1.807, 2.05) is 6.92 Å². The molecule has 4 fully saturated rings. The average Bonchev–Trinajstić information content (AvgIpc) is 3.26. The van der Waals surface area contributed by atoms with Gasteiger partial charge in [-0.3, -0.25) is 0 Å². The summed E-state index contributed by atoms with van der Waals surface area (Å²) in [4.78, 5) is 11.3. The highest BCUT2D eigenvalue weighted by Crippen LogP contribution is 2.74. The third-order valence-corrected chi connectivity index (χ3v) is 13.2. The van der Waals surface area contributed by atoms with Crippen LogP contribution in [-0.4, -0.2) is 16.6 Å². The van der Waals surface area contributed by atoms with Gasteiger partial charge in [0.15, 0.2) is 0 Å². The topological polar surface area (TPSA) is 63.3 Å². The van der Waals surface area contributed by atoms with E-state index in [1.165, 1.54) is 75.5 Å². The predicted octanol–water partition coefficient (Wildman–Crippen LogP) is 8.89. The second kappa shape index (κ2) is 9.86. The second-order valence-corrected chi connectivity index (χ2v) is 14.5.